The standard InChI is InChI=1S/C15H20N4O/c1-10(2)13-14(16-3)17-9-18-15(13)19-11-5-7-12(20-4)8-6-11/h5-10H,1-4H3,(H2,16,17,18,19). The highest BCUT2D eigenvalue weighted by Gasteiger charge is 2.14. The molecule has 106 valence electrons. The molecule has 0 unspecified atom stereocenters. The van der Waals surface area contributed by atoms with Gasteiger partial charge >= 0.3 is 0 Å². The molecule has 20 heavy (non-hydrogen) atoms. The first-order valence-electron chi connectivity index (χ1n) is 6.59. The van der Waals surface area contributed by atoms with Gasteiger partial charge in [0.1, 0.15) is 23.7 Å². The Morgan fingerprint density at radius 1 is 1.05 bits per heavy atom. The first-order chi connectivity index (χ1) is 9.65. The second-order valence-corrected chi connectivity index (χ2v) is 4.74. The van der Waals surface area contributed by atoms with Gasteiger partial charge in [-0.2, -0.15) is 0 Å². The predicted octanol–water partition coefficient (Wildman–Crippen LogP) is 3.39. The van der Waals surface area contributed by atoms with Crippen LogP contribution in [0, 0.1) is 0 Å². The molecule has 0 aliphatic rings. The summed E-state index contributed by atoms with van der Waals surface area (Å²) in [4.78, 5) is 8.62. The van der Waals surface area contributed by atoms with Crippen LogP contribution in [0.2, 0.25) is 0 Å². The normalized spacial score (nSPS) is 10.4. The Labute approximate surface area is 119 Å². The fourth-order valence-corrected chi connectivity index (χ4v) is 2.05. The minimum atomic E-state index is 0.319. The predicted molar refractivity (Wildman–Crippen MR) is 81.9 cm³/mol. The quantitative estimate of drug-likeness (QED) is 0.873. The number of hydrogen-bond acceptors (Lipinski definition) is 5. The van der Waals surface area contributed by atoms with Crippen molar-refractivity contribution in [1.82, 2.24) is 9.97 Å². The summed E-state index contributed by atoms with van der Waals surface area (Å²) < 4.78 is 5.15. The fraction of sp³-hybridized carbons (Fsp3) is 0.333. The zero-order valence-electron chi connectivity index (χ0n) is 12.3. The van der Waals surface area contributed by atoms with Crippen LogP contribution in [0.1, 0.15) is 25.3 Å². The second kappa shape index (κ2) is 6.23. The monoisotopic (exact) mass is 272 g/mol. The van der Waals surface area contributed by atoms with E-state index in [2.05, 4.69) is 34.4 Å². The molecule has 1 aromatic heterocycles. The highest BCUT2D eigenvalue weighted by Crippen LogP contribution is 2.30. The van der Waals surface area contributed by atoms with E-state index in [0.29, 0.717) is 5.92 Å². The summed E-state index contributed by atoms with van der Waals surface area (Å²) >= 11 is 0. The Bertz CT molecular complexity index is 567. The van der Waals surface area contributed by atoms with Crippen molar-refractivity contribution in [2.24, 2.45) is 0 Å². The van der Waals surface area contributed by atoms with Gasteiger partial charge in [0.2, 0.25) is 0 Å². The lowest BCUT2D eigenvalue weighted by Gasteiger charge is -2.16. The van der Waals surface area contributed by atoms with Crippen LogP contribution in [0.25, 0.3) is 0 Å². The van der Waals surface area contributed by atoms with Gasteiger partial charge in [0, 0.05) is 18.3 Å². The molecule has 2 rings (SSSR count). The van der Waals surface area contributed by atoms with Gasteiger partial charge in [0.05, 0.1) is 7.11 Å². The Hall–Kier alpha value is -2.30. The molecule has 5 heteroatoms. The number of benzene rings is 1. The van der Waals surface area contributed by atoms with Crippen molar-refractivity contribution in [3.8, 4) is 5.75 Å². The molecule has 2 aromatic rings. The van der Waals surface area contributed by atoms with Crippen molar-refractivity contribution >= 4 is 17.3 Å². The molecule has 0 aliphatic heterocycles. The molecule has 0 atom stereocenters. The fourth-order valence-electron chi connectivity index (χ4n) is 2.05. The summed E-state index contributed by atoms with van der Waals surface area (Å²) in [5.74, 6) is 2.83. The molecular formula is C15H20N4O. The third-order valence-electron chi connectivity index (χ3n) is 3.05. The number of nitrogens with one attached hydrogen (secondary N) is 2. The van der Waals surface area contributed by atoms with Gasteiger partial charge in [-0.05, 0) is 30.2 Å². The van der Waals surface area contributed by atoms with E-state index in [1.54, 1.807) is 13.4 Å². The average molecular weight is 272 g/mol. The summed E-state index contributed by atoms with van der Waals surface area (Å²) in [6.07, 6.45) is 1.56. The third-order valence-corrected chi connectivity index (χ3v) is 3.05. The number of rotatable bonds is 5. The maximum Gasteiger partial charge on any atom is 0.139 e. The Kier molecular flexibility index (Phi) is 4.40. The second-order valence-electron chi connectivity index (χ2n) is 4.74. The van der Waals surface area contributed by atoms with E-state index in [4.69, 9.17) is 4.74 Å². The molecule has 1 aromatic carbocycles. The molecule has 0 saturated carbocycles. The number of hydrogen-bond donors (Lipinski definition) is 2. The zero-order valence-corrected chi connectivity index (χ0v) is 12.3. The molecule has 0 aliphatic carbocycles. The summed E-state index contributed by atoms with van der Waals surface area (Å²) in [6, 6.07) is 7.75. The van der Waals surface area contributed by atoms with Crippen LogP contribution in [0.15, 0.2) is 30.6 Å². The van der Waals surface area contributed by atoms with Crippen LogP contribution in [0.3, 0.4) is 0 Å². The van der Waals surface area contributed by atoms with E-state index in [1.165, 1.54) is 0 Å². The van der Waals surface area contributed by atoms with Gasteiger partial charge in [-0.1, -0.05) is 13.8 Å². The first kappa shape index (κ1) is 14.1. The van der Waals surface area contributed by atoms with Crippen molar-refractivity contribution in [2.45, 2.75) is 19.8 Å². The zero-order chi connectivity index (χ0) is 14.5. The minimum absolute atomic E-state index is 0.319. The van der Waals surface area contributed by atoms with E-state index < -0.39 is 0 Å². The van der Waals surface area contributed by atoms with E-state index in [-0.39, 0.29) is 0 Å². The average Bonchev–Trinajstić information content (AvgIpc) is 2.47. The SMILES string of the molecule is CNc1ncnc(Nc2ccc(OC)cc2)c1C(C)C. The van der Waals surface area contributed by atoms with Crippen molar-refractivity contribution < 1.29 is 4.74 Å². The summed E-state index contributed by atoms with van der Waals surface area (Å²) in [5, 5.41) is 6.44. The molecular weight excluding hydrogens is 252 g/mol. The van der Waals surface area contributed by atoms with Crippen molar-refractivity contribution in [3.63, 3.8) is 0 Å². The van der Waals surface area contributed by atoms with Crippen molar-refractivity contribution in [1.29, 1.82) is 0 Å². The number of nitrogens with zero attached hydrogens (tertiary/aromatic N) is 2. The molecule has 1 heterocycles. The third kappa shape index (κ3) is 2.99. The molecule has 2 N–H and O–H groups in total. The van der Waals surface area contributed by atoms with Gasteiger partial charge in [-0.3, -0.25) is 0 Å². The lowest BCUT2D eigenvalue weighted by molar-refractivity contribution is 0.415. The smallest absolute Gasteiger partial charge is 0.139 e. The maximum absolute atomic E-state index is 5.15. The molecule has 0 amide bonds. The van der Waals surface area contributed by atoms with Crippen molar-refractivity contribution in [3.05, 3.63) is 36.2 Å². The Morgan fingerprint density at radius 2 is 1.70 bits per heavy atom. The maximum atomic E-state index is 5.15. The van der Waals surface area contributed by atoms with Crippen LogP contribution < -0.4 is 15.4 Å². The van der Waals surface area contributed by atoms with Crippen LogP contribution in [0.5, 0.6) is 5.75 Å². The number of ether oxygens (including phenoxy) is 1. The van der Waals surface area contributed by atoms with Crippen LogP contribution in [-0.2, 0) is 0 Å². The molecule has 0 radical (unpaired) electrons. The van der Waals surface area contributed by atoms with E-state index in [0.717, 1.165) is 28.6 Å². The van der Waals surface area contributed by atoms with Crippen LogP contribution in [0.4, 0.5) is 17.3 Å². The largest absolute Gasteiger partial charge is 0.497 e. The molecule has 5 nitrogen and oxygen atoms in total. The Morgan fingerprint density at radius 3 is 2.25 bits per heavy atom. The van der Waals surface area contributed by atoms with Gasteiger partial charge in [-0.25, -0.2) is 9.97 Å². The van der Waals surface area contributed by atoms with Gasteiger partial charge in [0.15, 0.2) is 0 Å². The van der Waals surface area contributed by atoms with E-state index in [1.807, 2.05) is 31.3 Å². The van der Waals surface area contributed by atoms with Gasteiger partial charge in [0.25, 0.3) is 0 Å². The minimum Gasteiger partial charge on any atom is -0.497 e. The van der Waals surface area contributed by atoms with Crippen LogP contribution >= 0.6 is 0 Å². The molecule has 0 spiro atoms. The lowest BCUT2D eigenvalue weighted by Crippen LogP contribution is -2.06. The van der Waals surface area contributed by atoms with Gasteiger partial charge in [-0.15, -0.1) is 0 Å². The van der Waals surface area contributed by atoms with Crippen LogP contribution in [-0.4, -0.2) is 24.1 Å². The van der Waals surface area contributed by atoms with E-state index in [9.17, 15) is 0 Å². The van der Waals surface area contributed by atoms with E-state index >= 15 is 0 Å². The Balaban J connectivity index is 2.32. The lowest BCUT2D eigenvalue weighted by atomic mass is 10.0. The number of methoxy groups -OCH3 is 1. The van der Waals surface area contributed by atoms with Crippen molar-refractivity contribution in [2.75, 3.05) is 24.8 Å². The summed E-state index contributed by atoms with van der Waals surface area (Å²) in [7, 11) is 3.52. The summed E-state index contributed by atoms with van der Waals surface area (Å²) in [5.41, 5.74) is 2.04. The van der Waals surface area contributed by atoms with Gasteiger partial charge < -0.3 is 15.4 Å². The number of aromatic nitrogens is 2. The highest BCUT2D eigenvalue weighted by atomic mass is 16.5. The highest BCUT2D eigenvalue weighted by molar-refractivity contribution is 5.66. The topological polar surface area (TPSA) is 59.1 Å². The molecule has 0 fully saturated rings. The molecule has 0 saturated heterocycles. The first-order valence-corrected chi connectivity index (χ1v) is 6.59. The number of anilines is 3. The summed E-state index contributed by atoms with van der Waals surface area (Å²) in [6.45, 7) is 4.25. The molecule has 0 bridgehead atoms.